The maximum atomic E-state index is 12.8. The molecule has 8 unspecified atom stereocenters. The van der Waals surface area contributed by atoms with Crippen molar-refractivity contribution in [2.24, 2.45) is 51.2 Å². The highest BCUT2D eigenvalue weighted by molar-refractivity contribution is 6.13. The Kier molecular flexibility index (Phi) is 7.20. The minimum Gasteiger partial charge on any atom is -0.396 e. The molecule has 0 saturated heterocycles. The van der Waals surface area contributed by atoms with Crippen molar-refractivity contribution >= 4 is 12.1 Å². The van der Waals surface area contributed by atoms with Gasteiger partial charge in [0.05, 0.1) is 5.57 Å². The van der Waals surface area contributed by atoms with E-state index in [1.807, 2.05) is 13.8 Å². The van der Waals surface area contributed by atoms with Gasteiger partial charge in [-0.2, -0.15) is 0 Å². The van der Waals surface area contributed by atoms with E-state index in [2.05, 4.69) is 33.8 Å². The lowest BCUT2D eigenvalue weighted by Crippen LogP contribution is -2.64. The zero-order valence-electron chi connectivity index (χ0n) is 21.4. The number of Topliss-reactive ketones (excluding diaryl/α,β-unsaturated/α-hetero) is 1. The normalized spacial score (nSPS) is 50.2. The van der Waals surface area contributed by atoms with Crippen LogP contribution in [0.25, 0.3) is 0 Å². The second kappa shape index (κ2) is 8.92. The van der Waals surface area contributed by atoms with E-state index in [0.717, 1.165) is 12.7 Å². The van der Waals surface area contributed by atoms with Gasteiger partial charge in [-0.05, 0) is 96.7 Å². The van der Waals surface area contributed by atoms with E-state index >= 15 is 0 Å². The van der Waals surface area contributed by atoms with Crippen LogP contribution in [0, 0.1) is 51.2 Å². The summed E-state index contributed by atoms with van der Waals surface area (Å²) in [5, 5.41) is 10.4. The summed E-state index contributed by atoms with van der Waals surface area (Å²) in [5.41, 5.74) is 1.07. The van der Waals surface area contributed by atoms with Gasteiger partial charge in [0.1, 0.15) is 0 Å². The molecule has 3 heteroatoms. The number of carbonyl (C=O) groups excluding carboxylic acids is 2. The Hall–Kier alpha value is -0.960. The van der Waals surface area contributed by atoms with Gasteiger partial charge >= 0.3 is 0 Å². The summed E-state index contributed by atoms with van der Waals surface area (Å²) in [5.74, 6) is 2.29. The molecule has 1 N–H and O–H groups in total. The number of fused-ring (bicyclic) bond motifs is 7. The maximum absolute atomic E-state index is 12.8. The first-order valence-electron chi connectivity index (χ1n) is 13.5. The van der Waals surface area contributed by atoms with Crippen molar-refractivity contribution in [3.8, 4) is 0 Å². The van der Waals surface area contributed by atoms with Gasteiger partial charge in [0.25, 0.3) is 0 Å². The van der Waals surface area contributed by atoms with Gasteiger partial charge in [-0.15, -0.1) is 0 Å². The summed E-state index contributed by atoms with van der Waals surface area (Å²) in [4.78, 5) is 24.5. The number of rotatable bonds is 2. The standard InChI is InChI=1S/C27H40O3.C2H6.CH4/c1-17-19-9-11-26(4)22(24(19,2)14-18(15-28)23(17)30)8-7-20-21-6-5-10-27(21,16-29)13-12-25(20,26)3;1-2;/h14-15,17,19-22,29H,5-13,16H2,1-4H3;1-2H3;1H4/t17?,19?,20?,21?,22?,24?,25-,26?,27?;;/m1../s1. The second-order valence-electron chi connectivity index (χ2n) is 12.5. The van der Waals surface area contributed by atoms with Gasteiger partial charge in [-0.1, -0.05) is 61.5 Å². The van der Waals surface area contributed by atoms with Crippen LogP contribution in [0.15, 0.2) is 11.6 Å². The zero-order chi connectivity index (χ0) is 23.5. The first-order chi connectivity index (χ1) is 15.2. The molecule has 0 heterocycles. The summed E-state index contributed by atoms with van der Waals surface area (Å²) >= 11 is 0. The van der Waals surface area contributed by atoms with E-state index < -0.39 is 0 Å². The van der Waals surface area contributed by atoms with Crippen LogP contribution < -0.4 is 0 Å². The van der Waals surface area contributed by atoms with E-state index in [1.165, 1.54) is 51.4 Å². The van der Waals surface area contributed by atoms with Crippen molar-refractivity contribution < 1.29 is 14.7 Å². The average molecular weight is 459 g/mol. The van der Waals surface area contributed by atoms with E-state index in [1.54, 1.807) is 0 Å². The summed E-state index contributed by atoms with van der Waals surface area (Å²) in [6.45, 7) is 13.9. The molecule has 9 atom stereocenters. The van der Waals surface area contributed by atoms with Crippen LogP contribution in [0.3, 0.4) is 0 Å². The minimum atomic E-state index is -0.0637. The van der Waals surface area contributed by atoms with Crippen LogP contribution in [-0.4, -0.2) is 23.8 Å². The fourth-order valence-corrected chi connectivity index (χ4v) is 10.2. The Labute approximate surface area is 203 Å². The van der Waals surface area contributed by atoms with E-state index in [-0.39, 0.29) is 40.8 Å². The predicted molar refractivity (Wildman–Crippen MR) is 136 cm³/mol. The highest BCUT2D eigenvalue weighted by Crippen LogP contribution is 2.75. The van der Waals surface area contributed by atoms with E-state index in [9.17, 15) is 14.7 Å². The molecule has 0 amide bonds. The molecular weight excluding hydrogens is 408 g/mol. The highest BCUT2D eigenvalue weighted by Gasteiger charge is 2.68. The number of ketones is 1. The van der Waals surface area contributed by atoms with Crippen LogP contribution in [0.4, 0.5) is 0 Å². The van der Waals surface area contributed by atoms with Crippen LogP contribution in [0.2, 0.25) is 0 Å². The predicted octanol–water partition coefficient (Wildman–Crippen LogP) is 7.02. The third-order valence-corrected chi connectivity index (χ3v) is 12.0. The van der Waals surface area contributed by atoms with Gasteiger partial charge in [0.15, 0.2) is 12.1 Å². The molecule has 5 aliphatic rings. The SMILES string of the molecule is C.CC.CC1C(=O)C(C=O)=CC2(C)C1CCC1(C)C2CCC2C3CCCC3(CO)CC[C@]21C. The molecule has 0 spiro atoms. The van der Waals surface area contributed by atoms with Crippen LogP contribution in [-0.2, 0) is 9.59 Å². The molecule has 3 nitrogen and oxygen atoms in total. The van der Waals surface area contributed by atoms with Crippen molar-refractivity contribution in [1.29, 1.82) is 0 Å². The Bertz CT molecular complexity index is 800. The monoisotopic (exact) mass is 458 g/mol. The maximum Gasteiger partial charge on any atom is 0.168 e. The van der Waals surface area contributed by atoms with Crippen LogP contribution >= 0.6 is 0 Å². The number of hydrogen-bond acceptors (Lipinski definition) is 3. The first-order valence-corrected chi connectivity index (χ1v) is 13.5. The molecule has 0 aromatic carbocycles. The lowest BCUT2D eigenvalue weighted by atomic mass is 9.34. The molecule has 0 aromatic heterocycles. The van der Waals surface area contributed by atoms with E-state index in [4.69, 9.17) is 0 Å². The van der Waals surface area contributed by atoms with Gasteiger partial charge in [0, 0.05) is 12.5 Å². The van der Waals surface area contributed by atoms with Gasteiger partial charge < -0.3 is 5.11 Å². The topological polar surface area (TPSA) is 54.4 Å². The molecule has 33 heavy (non-hydrogen) atoms. The van der Waals surface area contributed by atoms with E-state index in [0.29, 0.717) is 35.9 Å². The number of carbonyl (C=O) groups is 2. The highest BCUT2D eigenvalue weighted by atomic mass is 16.3. The Morgan fingerprint density at radius 2 is 1.64 bits per heavy atom. The molecule has 5 aliphatic carbocycles. The lowest BCUT2D eigenvalue weighted by Gasteiger charge is -2.70. The molecule has 0 radical (unpaired) electrons. The lowest BCUT2D eigenvalue weighted by molar-refractivity contribution is -0.213. The molecule has 0 bridgehead atoms. The van der Waals surface area contributed by atoms with Gasteiger partial charge in [-0.3, -0.25) is 9.59 Å². The third-order valence-electron chi connectivity index (χ3n) is 12.0. The van der Waals surface area contributed by atoms with Crippen molar-refractivity contribution in [3.63, 3.8) is 0 Å². The molecular formula is C30H50O3. The van der Waals surface area contributed by atoms with Crippen molar-refractivity contribution in [1.82, 2.24) is 0 Å². The largest absolute Gasteiger partial charge is 0.396 e. The summed E-state index contributed by atoms with van der Waals surface area (Å²) in [6, 6.07) is 0. The molecule has 4 fully saturated rings. The molecule has 4 saturated carbocycles. The number of aliphatic hydroxyl groups is 1. The van der Waals surface area contributed by atoms with Crippen molar-refractivity contribution in [2.75, 3.05) is 6.61 Å². The molecule has 0 aromatic rings. The fraction of sp³-hybridized carbons (Fsp3) is 0.867. The quantitative estimate of drug-likeness (QED) is 0.357. The van der Waals surface area contributed by atoms with Gasteiger partial charge in [-0.25, -0.2) is 0 Å². The number of aliphatic hydroxyl groups excluding tert-OH is 1. The molecule has 0 aliphatic heterocycles. The molecule has 5 rings (SSSR count). The number of aldehydes is 1. The first kappa shape index (κ1) is 26.6. The molecule has 188 valence electrons. The Morgan fingerprint density at radius 1 is 0.939 bits per heavy atom. The Balaban J connectivity index is 0.000000994. The third kappa shape index (κ3) is 3.30. The van der Waals surface area contributed by atoms with Gasteiger partial charge in [0.2, 0.25) is 0 Å². The summed E-state index contributed by atoms with van der Waals surface area (Å²) < 4.78 is 0. The van der Waals surface area contributed by atoms with Crippen molar-refractivity contribution in [3.05, 3.63) is 11.6 Å². The second-order valence-corrected chi connectivity index (χ2v) is 12.5. The Morgan fingerprint density at radius 3 is 2.27 bits per heavy atom. The number of allylic oxidation sites excluding steroid dienone is 2. The summed E-state index contributed by atoms with van der Waals surface area (Å²) in [6.07, 6.45) is 13.8. The van der Waals surface area contributed by atoms with Crippen LogP contribution in [0.1, 0.15) is 107 Å². The van der Waals surface area contributed by atoms with Crippen LogP contribution in [0.5, 0.6) is 0 Å². The minimum absolute atomic E-state index is 0. The smallest absolute Gasteiger partial charge is 0.168 e. The summed E-state index contributed by atoms with van der Waals surface area (Å²) in [7, 11) is 0. The zero-order valence-corrected chi connectivity index (χ0v) is 21.4. The average Bonchev–Trinajstić information content (AvgIpc) is 3.23. The fourth-order valence-electron chi connectivity index (χ4n) is 10.2. The van der Waals surface area contributed by atoms with Crippen molar-refractivity contribution in [2.45, 2.75) is 107 Å². The number of hydrogen-bond donors (Lipinski definition) is 1.